The Morgan fingerprint density at radius 3 is 3.10 bits per heavy atom. The molecule has 4 nitrogen and oxygen atoms in total. The first-order valence-electron chi connectivity index (χ1n) is 7.63. The third-order valence-corrected chi connectivity index (χ3v) is 4.15. The van der Waals surface area contributed by atoms with Crippen molar-refractivity contribution in [3.8, 4) is 0 Å². The molecular formula is C17H21N3O. The Morgan fingerprint density at radius 2 is 2.24 bits per heavy atom. The van der Waals surface area contributed by atoms with Gasteiger partial charge in [-0.1, -0.05) is 24.3 Å². The lowest BCUT2D eigenvalue weighted by Crippen LogP contribution is -2.24. The molecule has 1 amide bonds. The molecule has 3 rings (SSSR count). The number of amides is 1. The van der Waals surface area contributed by atoms with Gasteiger partial charge in [-0.2, -0.15) is 0 Å². The van der Waals surface area contributed by atoms with Crippen LogP contribution in [0, 0.1) is 5.92 Å². The third kappa shape index (κ3) is 3.58. The van der Waals surface area contributed by atoms with Crippen molar-refractivity contribution in [2.45, 2.75) is 25.8 Å². The van der Waals surface area contributed by atoms with Crippen molar-refractivity contribution in [1.82, 2.24) is 15.6 Å². The Balaban J connectivity index is 1.54. The van der Waals surface area contributed by atoms with Crippen molar-refractivity contribution in [2.24, 2.45) is 5.92 Å². The molecule has 0 bridgehead atoms. The Morgan fingerprint density at radius 1 is 1.33 bits per heavy atom. The third-order valence-electron chi connectivity index (χ3n) is 4.15. The predicted molar refractivity (Wildman–Crippen MR) is 83.8 cm³/mol. The second-order valence-corrected chi connectivity index (χ2v) is 5.65. The largest absolute Gasteiger partial charge is 0.350 e. The number of nitrogens with one attached hydrogen (secondary N) is 2. The summed E-state index contributed by atoms with van der Waals surface area (Å²) in [4.78, 5) is 16.3. The van der Waals surface area contributed by atoms with E-state index in [1.165, 1.54) is 6.42 Å². The number of fused-ring (bicyclic) bond motifs is 1. The van der Waals surface area contributed by atoms with E-state index in [4.69, 9.17) is 0 Å². The van der Waals surface area contributed by atoms with Gasteiger partial charge in [0.25, 0.3) is 0 Å². The standard InChI is InChI=1S/C17H21N3O/c21-17(6-5-13-7-9-18-11-13)20-12-16-15-4-2-1-3-14(15)8-10-19-16/h1-4,8,10,13,18H,5-7,9,11-12H2,(H,20,21). The first-order chi connectivity index (χ1) is 10.3. The lowest BCUT2D eigenvalue weighted by molar-refractivity contribution is -0.121. The molecule has 1 fully saturated rings. The first-order valence-corrected chi connectivity index (χ1v) is 7.63. The summed E-state index contributed by atoms with van der Waals surface area (Å²) in [6.45, 7) is 2.65. The van der Waals surface area contributed by atoms with Crippen LogP contribution in [0.1, 0.15) is 25.0 Å². The maximum absolute atomic E-state index is 11.9. The van der Waals surface area contributed by atoms with E-state index < -0.39 is 0 Å². The van der Waals surface area contributed by atoms with E-state index in [9.17, 15) is 4.79 Å². The summed E-state index contributed by atoms with van der Waals surface area (Å²) in [5.74, 6) is 0.781. The summed E-state index contributed by atoms with van der Waals surface area (Å²) >= 11 is 0. The Hall–Kier alpha value is -1.94. The quantitative estimate of drug-likeness (QED) is 0.885. The minimum Gasteiger partial charge on any atom is -0.350 e. The number of hydrogen-bond donors (Lipinski definition) is 2. The Labute approximate surface area is 125 Å². The van der Waals surface area contributed by atoms with Crippen molar-refractivity contribution in [3.63, 3.8) is 0 Å². The monoisotopic (exact) mass is 283 g/mol. The van der Waals surface area contributed by atoms with Crippen molar-refractivity contribution >= 4 is 16.7 Å². The van der Waals surface area contributed by atoms with Gasteiger partial charge in [0.05, 0.1) is 12.2 Å². The lowest BCUT2D eigenvalue weighted by atomic mass is 10.0. The molecule has 0 spiro atoms. The van der Waals surface area contributed by atoms with Crippen LogP contribution in [-0.4, -0.2) is 24.0 Å². The second kappa shape index (κ2) is 6.68. The fourth-order valence-electron chi connectivity index (χ4n) is 2.89. The molecule has 1 saturated heterocycles. The highest BCUT2D eigenvalue weighted by molar-refractivity contribution is 5.84. The number of carbonyl (C=O) groups excluding carboxylic acids is 1. The van der Waals surface area contributed by atoms with Crippen LogP contribution in [0.5, 0.6) is 0 Å². The van der Waals surface area contributed by atoms with Gasteiger partial charge >= 0.3 is 0 Å². The number of nitrogens with zero attached hydrogens (tertiary/aromatic N) is 1. The summed E-state index contributed by atoms with van der Waals surface area (Å²) in [5.41, 5.74) is 0.934. The van der Waals surface area contributed by atoms with E-state index in [0.717, 1.165) is 36.0 Å². The van der Waals surface area contributed by atoms with Gasteiger partial charge in [0.15, 0.2) is 0 Å². The molecule has 21 heavy (non-hydrogen) atoms. The van der Waals surface area contributed by atoms with E-state index in [1.54, 1.807) is 6.20 Å². The molecule has 0 radical (unpaired) electrons. The van der Waals surface area contributed by atoms with Crippen molar-refractivity contribution in [2.75, 3.05) is 13.1 Å². The van der Waals surface area contributed by atoms with E-state index in [-0.39, 0.29) is 5.91 Å². The van der Waals surface area contributed by atoms with Gasteiger partial charge in [0.1, 0.15) is 0 Å². The van der Waals surface area contributed by atoms with Crippen LogP contribution < -0.4 is 10.6 Å². The molecule has 1 atom stereocenters. The maximum atomic E-state index is 11.9. The maximum Gasteiger partial charge on any atom is 0.220 e. The fraction of sp³-hybridized carbons (Fsp3) is 0.412. The SMILES string of the molecule is O=C(CCC1CCNC1)NCc1nccc2ccccc12. The van der Waals surface area contributed by atoms with E-state index in [1.807, 2.05) is 24.3 Å². The van der Waals surface area contributed by atoms with Crippen LogP contribution in [0.3, 0.4) is 0 Å². The van der Waals surface area contributed by atoms with Crippen LogP contribution >= 0.6 is 0 Å². The van der Waals surface area contributed by atoms with Gasteiger partial charge < -0.3 is 10.6 Å². The fourth-order valence-corrected chi connectivity index (χ4v) is 2.89. The van der Waals surface area contributed by atoms with Gasteiger partial charge in [-0.25, -0.2) is 0 Å². The zero-order valence-electron chi connectivity index (χ0n) is 12.1. The van der Waals surface area contributed by atoms with Crippen molar-refractivity contribution in [1.29, 1.82) is 0 Å². The molecule has 2 N–H and O–H groups in total. The summed E-state index contributed by atoms with van der Waals surface area (Å²) in [6, 6.07) is 10.1. The molecular weight excluding hydrogens is 262 g/mol. The molecule has 1 aromatic carbocycles. The van der Waals surface area contributed by atoms with Gasteiger partial charge in [-0.05, 0) is 43.3 Å². The predicted octanol–water partition coefficient (Wildman–Crippen LogP) is 2.24. The average molecular weight is 283 g/mol. The molecule has 0 aliphatic carbocycles. The summed E-state index contributed by atoms with van der Waals surface area (Å²) in [6.07, 6.45) is 4.57. The Bertz CT molecular complexity index is 615. The summed E-state index contributed by atoms with van der Waals surface area (Å²) < 4.78 is 0. The summed E-state index contributed by atoms with van der Waals surface area (Å²) in [5, 5.41) is 8.60. The van der Waals surface area contributed by atoms with Crippen LogP contribution in [0.25, 0.3) is 10.8 Å². The number of carbonyl (C=O) groups is 1. The van der Waals surface area contributed by atoms with Crippen molar-refractivity contribution < 1.29 is 4.79 Å². The molecule has 1 aliphatic rings. The van der Waals surface area contributed by atoms with Gasteiger partial charge in [0, 0.05) is 18.0 Å². The molecule has 0 saturated carbocycles. The van der Waals surface area contributed by atoms with E-state index >= 15 is 0 Å². The molecule has 1 aliphatic heterocycles. The zero-order valence-corrected chi connectivity index (χ0v) is 12.1. The Kier molecular flexibility index (Phi) is 4.46. The van der Waals surface area contributed by atoms with Gasteiger partial charge in [0.2, 0.25) is 5.91 Å². The molecule has 1 aromatic heterocycles. The highest BCUT2D eigenvalue weighted by Gasteiger charge is 2.15. The van der Waals surface area contributed by atoms with Crippen LogP contribution in [0.15, 0.2) is 36.5 Å². The van der Waals surface area contributed by atoms with E-state index in [2.05, 4.69) is 21.7 Å². The molecule has 1 unspecified atom stereocenters. The molecule has 2 aromatic rings. The number of rotatable bonds is 5. The minimum atomic E-state index is 0.122. The highest BCUT2D eigenvalue weighted by Crippen LogP contribution is 2.16. The second-order valence-electron chi connectivity index (χ2n) is 5.65. The molecule has 4 heteroatoms. The topological polar surface area (TPSA) is 54.0 Å². The van der Waals surface area contributed by atoms with Crippen LogP contribution in [0.4, 0.5) is 0 Å². The smallest absolute Gasteiger partial charge is 0.220 e. The molecule has 110 valence electrons. The zero-order chi connectivity index (χ0) is 14.5. The lowest BCUT2D eigenvalue weighted by Gasteiger charge is -2.09. The van der Waals surface area contributed by atoms with Gasteiger partial charge in [-0.3, -0.25) is 9.78 Å². The first kappa shape index (κ1) is 14.0. The number of aromatic nitrogens is 1. The van der Waals surface area contributed by atoms with Gasteiger partial charge in [-0.15, -0.1) is 0 Å². The summed E-state index contributed by atoms with van der Waals surface area (Å²) in [7, 11) is 0. The van der Waals surface area contributed by atoms with E-state index in [0.29, 0.717) is 18.9 Å². The van der Waals surface area contributed by atoms with Crippen molar-refractivity contribution in [3.05, 3.63) is 42.2 Å². The number of hydrogen-bond acceptors (Lipinski definition) is 3. The minimum absolute atomic E-state index is 0.122. The highest BCUT2D eigenvalue weighted by atomic mass is 16.1. The van der Waals surface area contributed by atoms with Crippen LogP contribution in [0.2, 0.25) is 0 Å². The molecule has 2 heterocycles. The number of pyridine rings is 1. The average Bonchev–Trinajstić information content (AvgIpc) is 3.04. The normalized spacial score (nSPS) is 18.0. The van der Waals surface area contributed by atoms with Crippen LogP contribution in [-0.2, 0) is 11.3 Å². The number of benzene rings is 1.